The Morgan fingerprint density at radius 3 is 2.48 bits per heavy atom. The average molecular weight is 332 g/mol. The minimum atomic E-state index is -3.32. The number of hydrogen-bond acceptors (Lipinski definition) is 3. The summed E-state index contributed by atoms with van der Waals surface area (Å²) < 4.78 is 28.2. The predicted octanol–water partition coefficient (Wildman–Crippen LogP) is 2.41. The SMILES string of the molecule is O=S1(=O)c2ccccc2C2(CCN(CC3CC3)C2)N1CC1CC1. The van der Waals surface area contributed by atoms with Gasteiger partial charge in [0.25, 0.3) is 0 Å². The minimum absolute atomic E-state index is 0.299. The first-order chi connectivity index (χ1) is 11.1. The first kappa shape index (κ1) is 14.4. The van der Waals surface area contributed by atoms with Crippen LogP contribution in [0.15, 0.2) is 29.2 Å². The van der Waals surface area contributed by atoms with Gasteiger partial charge in [0.15, 0.2) is 0 Å². The molecular weight excluding hydrogens is 308 g/mol. The van der Waals surface area contributed by atoms with E-state index in [0.717, 1.165) is 37.5 Å². The average Bonchev–Trinajstić information content (AvgIpc) is 3.45. The first-order valence-corrected chi connectivity index (χ1v) is 10.4. The Labute approximate surface area is 138 Å². The summed E-state index contributed by atoms with van der Waals surface area (Å²) in [7, 11) is -3.32. The third-order valence-electron chi connectivity index (χ3n) is 6.09. The predicted molar refractivity (Wildman–Crippen MR) is 88.5 cm³/mol. The first-order valence-electron chi connectivity index (χ1n) is 8.94. The molecule has 1 aromatic rings. The van der Waals surface area contributed by atoms with Gasteiger partial charge in [0, 0.05) is 26.2 Å². The Kier molecular flexibility index (Phi) is 3.02. The Morgan fingerprint density at radius 1 is 1.04 bits per heavy atom. The van der Waals surface area contributed by atoms with Crippen LogP contribution in [0.2, 0.25) is 0 Å². The van der Waals surface area contributed by atoms with Gasteiger partial charge in [-0.05, 0) is 55.6 Å². The van der Waals surface area contributed by atoms with Crippen molar-refractivity contribution >= 4 is 10.0 Å². The van der Waals surface area contributed by atoms with E-state index in [1.165, 1.54) is 25.7 Å². The highest BCUT2D eigenvalue weighted by Crippen LogP contribution is 2.51. The number of rotatable bonds is 4. The van der Waals surface area contributed by atoms with Crippen molar-refractivity contribution in [2.75, 3.05) is 26.2 Å². The molecule has 1 atom stereocenters. The highest BCUT2D eigenvalue weighted by atomic mass is 32.2. The van der Waals surface area contributed by atoms with Gasteiger partial charge in [0.05, 0.1) is 10.4 Å². The van der Waals surface area contributed by atoms with Crippen LogP contribution >= 0.6 is 0 Å². The van der Waals surface area contributed by atoms with Crippen LogP contribution in [0.4, 0.5) is 0 Å². The summed E-state index contributed by atoms with van der Waals surface area (Å²) in [6.45, 7) is 3.78. The van der Waals surface area contributed by atoms with Crippen molar-refractivity contribution < 1.29 is 8.42 Å². The Bertz CT molecular complexity index is 739. The summed E-state index contributed by atoms with van der Waals surface area (Å²) in [6.07, 6.45) is 6.02. The molecule has 0 aromatic heterocycles. The molecule has 3 fully saturated rings. The maximum absolute atomic E-state index is 13.2. The van der Waals surface area contributed by atoms with Crippen molar-refractivity contribution in [2.24, 2.45) is 11.8 Å². The summed E-state index contributed by atoms with van der Waals surface area (Å²) in [4.78, 5) is 3.07. The molecule has 1 spiro atoms. The molecule has 0 N–H and O–H groups in total. The fourth-order valence-corrected chi connectivity index (χ4v) is 6.62. The van der Waals surface area contributed by atoms with E-state index in [4.69, 9.17) is 0 Å². The van der Waals surface area contributed by atoms with Crippen LogP contribution in [0, 0.1) is 11.8 Å². The van der Waals surface area contributed by atoms with Crippen LogP contribution in [0.25, 0.3) is 0 Å². The van der Waals surface area contributed by atoms with Crippen molar-refractivity contribution in [3.63, 3.8) is 0 Å². The Balaban J connectivity index is 1.56. The molecule has 23 heavy (non-hydrogen) atoms. The lowest BCUT2D eigenvalue weighted by molar-refractivity contribution is 0.185. The van der Waals surface area contributed by atoms with Crippen LogP contribution in [-0.4, -0.2) is 43.8 Å². The number of likely N-dealkylation sites (tertiary alicyclic amines) is 1. The quantitative estimate of drug-likeness (QED) is 0.850. The number of benzene rings is 1. The molecule has 2 aliphatic carbocycles. The maximum Gasteiger partial charge on any atom is 0.244 e. The lowest BCUT2D eigenvalue weighted by Crippen LogP contribution is -2.47. The van der Waals surface area contributed by atoms with Gasteiger partial charge in [-0.25, -0.2) is 8.42 Å². The van der Waals surface area contributed by atoms with Crippen LogP contribution < -0.4 is 0 Å². The summed E-state index contributed by atoms with van der Waals surface area (Å²) in [5, 5.41) is 0. The third-order valence-corrected chi connectivity index (χ3v) is 8.09. The van der Waals surface area contributed by atoms with Crippen LogP contribution in [0.5, 0.6) is 0 Å². The van der Waals surface area contributed by atoms with E-state index >= 15 is 0 Å². The molecule has 2 aliphatic heterocycles. The molecule has 4 nitrogen and oxygen atoms in total. The largest absolute Gasteiger partial charge is 0.301 e. The maximum atomic E-state index is 13.2. The van der Waals surface area contributed by atoms with E-state index in [9.17, 15) is 8.42 Å². The van der Waals surface area contributed by atoms with Crippen LogP contribution in [0.1, 0.15) is 37.7 Å². The van der Waals surface area contributed by atoms with Gasteiger partial charge in [0.2, 0.25) is 10.0 Å². The highest BCUT2D eigenvalue weighted by Gasteiger charge is 2.57. The van der Waals surface area contributed by atoms with E-state index in [2.05, 4.69) is 11.0 Å². The van der Waals surface area contributed by atoms with Gasteiger partial charge in [-0.3, -0.25) is 0 Å². The molecule has 2 heterocycles. The molecular formula is C18H24N2O2S. The summed E-state index contributed by atoms with van der Waals surface area (Å²) >= 11 is 0. The summed E-state index contributed by atoms with van der Waals surface area (Å²) in [5.74, 6) is 1.43. The van der Waals surface area contributed by atoms with Crippen molar-refractivity contribution in [2.45, 2.75) is 42.5 Å². The number of nitrogens with zero attached hydrogens (tertiary/aromatic N) is 2. The van der Waals surface area contributed by atoms with E-state index < -0.39 is 10.0 Å². The number of fused-ring (bicyclic) bond motifs is 2. The standard InChI is InChI=1S/C18H24N2O2S/c21-23(22)17-4-2-1-3-16(17)18(20(23)12-15-7-8-15)9-10-19(13-18)11-14-5-6-14/h1-4,14-15H,5-13H2. The summed E-state index contributed by atoms with van der Waals surface area (Å²) in [5.41, 5.74) is 0.756. The zero-order chi connectivity index (χ0) is 15.7. The Hall–Kier alpha value is -0.910. The molecule has 2 saturated carbocycles. The molecule has 1 unspecified atom stereocenters. The second kappa shape index (κ2) is 4.80. The molecule has 1 saturated heterocycles. The highest BCUT2D eigenvalue weighted by molar-refractivity contribution is 7.89. The van der Waals surface area contributed by atoms with E-state index in [0.29, 0.717) is 17.4 Å². The zero-order valence-electron chi connectivity index (χ0n) is 13.4. The lowest BCUT2D eigenvalue weighted by atomic mass is 9.88. The lowest BCUT2D eigenvalue weighted by Gasteiger charge is -2.34. The van der Waals surface area contributed by atoms with Gasteiger partial charge < -0.3 is 4.90 Å². The second-order valence-corrected chi connectivity index (χ2v) is 9.77. The third kappa shape index (κ3) is 2.20. The number of hydrogen-bond donors (Lipinski definition) is 0. The second-order valence-electron chi connectivity index (χ2n) is 7.94. The normalized spacial score (nSPS) is 33.4. The molecule has 0 radical (unpaired) electrons. The molecule has 124 valence electrons. The molecule has 4 aliphatic rings. The van der Waals surface area contributed by atoms with Crippen LogP contribution in [-0.2, 0) is 15.6 Å². The van der Waals surface area contributed by atoms with Gasteiger partial charge in [-0.15, -0.1) is 0 Å². The summed E-state index contributed by atoms with van der Waals surface area (Å²) in [6, 6.07) is 7.73. The molecule has 5 heteroatoms. The monoisotopic (exact) mass is 332 g/mol. The Morgan fingerprint density at radius 2 is 1.74 bits per heavy atom. The zero-order valence-corrected chi connectivity index (χ0v) is 14.3. The van der Waals surface area contributed by atoms with E-state index in [-0.39, 0.29) is 5.54 Å². The van der Waals surface area contributed by atoms with Crippen LogP contribution in [0.3, 0.4) is 0 Å². The molecule has 1 aromatic carbocycles. The van der Waals surface area contributed by atoms with Gasteiger partial charge in [0.1, 0.15) is 0 Å². The fourth-order valence-electron chi connectivity index (χ4n) is 4.48. The van der Waals surface area contributed by atoms with E-state index in [1.54, 1.807) is 0 Å². The van der Waals surface area contributed by atoms with E-state index in [1.807, 2.05) is 22.5 Å². The topological polar surface area (TPSA) is 40.6 Å². The smallest absolute Gasteiger partial charge is 0.244 e. The van der Waals surface area contributed by atoms with Crippen molar-refractivity contribution in [1.82, 2.24) is 9.21 Å². The van der Waals surface area contributed by atoms with Crippen molar-refractivity contribution in [1.29, 1.82) is 0 Å². The van der Waals surface area contributed by atoms with Gasteiger partial charge in [-0.2, -0.15) is 4.31 Å². The van der Waals surface area contributed by atoms with Crippen molar-refractivity contribution in [3.8, 4) is 0 Å². The van der Waals surface area contributed by atoms with Gasteiger partial charge in [-0.1, -0.05) is 18.2 Å². The minimum Gasteiger partial charge on any atom is -0.301 e. The molecule has 0 amide bonds. The fraction of sp³-hybridized carbons (Fsp3) is 0.667. The molecule has 5 rings (SSSR count). The molecule has 0 bridgehead atoms. The van der Waals surface area contributed by atoms with Gasteiger partial charge >= 0.3 is 0 Å². The van der Waals surface area contributed by atoms with Crippen molar-refractivity contribution in [3.05, 3.63) is 29.8 Å². The number of sulfonamides is 1.